The Hall–Kier alpha value is -2.15. The van der Waals surface area contributed by atoms with E-state index in [1.807, 2.05) is 9.80 Å². The van der Waals surface area contributed by atoms with Gasteiger partial charge >= 0.3 is 0 Å². The van der Waals surface area contributed by atoms with Gasteiger partial charge in [-0.3, -0.25) is 9.59 Å². The normalized spacial score (nSPS) is 31.1. The molecule has 2 heterocycles. The second-order valence-electron chi connectivity index (χ2n) is 10.3. The number of hydrogen-bond donors (Lipinski definition) is 2. The van der Waals surface area contributed by atoms with Gasteiger partial charge in [-0.2, -0.15) is 0 Å². The van der Waals surface area contributed by atoms with Gasteiger partial charge in [-0.15, -0.1) is 0 Å². The van der Waals surface area contributed by atoms with Gasteiger partial charge in [0.25, 0.3) is 0 Å². The summed E-state index contributed by atoms with van der Waals surface area (Å²) in [5, 5.41) is 12.6. The third-order valence-electron chi connectivity index (χ3n) is 8.26. The molecule has 0 radical (unpaired) electrons. The molecule has 7 heteroatoms. The summed E-state index contributed by atoms with van der Waals surface area (Å²) in [6.45, 7) is 2.04. The van der Waals surface area contributed by atoms with E-state index in [0.717, 1.165) is 77.3 Å². The van der Waals surface area contributed by atoms with Crippen molar-refractivity contribution < 1.29 is 19.1 Å². The fraction of sp³-hybridized carbons (Fsp3) is 0.680. The van der Waals surface area contributed by atoms with Crippen LogP contribution < -0.4 is 10.2 Å². The molecule has 1 atom stereocenters. The number of halogens is 1. The topological polar surface area (TPSA) is 72.9 Å². The fourth-order valence-electron chi connectivity index (χ4n) is 6.04. The van der Waals surface area contributed by atoms with Crippen LogP contribution in [0.25, 0.3) is 0 Å². The Bertz CT molecular complexity index is 881. The van der Waals surface area contributed by atoms with Gasteiger partial charge in [-0.25, -0.2) is 4.39 Å². The number of piperidine rings is 1. The summed E-state index contributed by atoms with van der Waals surface area (Å²) in [6.07, 6.45) is 8.49. The molecule has 2 amide bonds. The van der Waals surface area contributed by atoms with Gasteiger partial charge in [0.1, 0.15) is 5.82 Å². The maximum atomic E-state index is 15.0. The summed E-state index contributed by atoms with van der Waals surface area (Å²) in [7, 11) is 0. The van der Waals surface area contributed by atoms with Crippen LogP contribution in [-0.2, 0) is 9.59 Å². The number of anilines is 2. The molecule has 2 aliphatic carbocycles. The Morgan fingerprint density at radius 3 is 2.53 bits per heavy atom. The number of likely N-dealkylation sites (tertiary alicyclic amines) is 1. The average Bonchev–Trinajstić information content (AvgIpc) is 3.03. The number of aliphatic hydroxyl groups excluding tert-OH is 1. The van der Waals surface area contributed by atoms with Crippen LogP contribution in [0.1, 0.15) is 64.2 Å². The lowest BCUT2D eigenvalue weighted by atomic mass is 9.78. The van der Waals surface area contributed by atoms with E-state index >= 15 is 4.39 Å². The molecule has 2 saturated heterocycles. The number of aliphatic hydroxyl groups is 1. The summed E-state index contributed by atoms with van der Waals surface area (Å²) in [6, 6.07) is 5.15. The lowest BCUT2D eigenvalue weighted by Gasteiger charge is -2.41. The van der Waals surface area contributed by atoms with Crippen molar-refractivity contribution in [1.29, 1.82) is 0 Å². The first-order valence-corrected chi connectivity index (χ1v) is 12.3. The second kappa shape index (κ2) is 8.65. The number of nitrogens with one attached hydrogen (secondary N) is 1. The van der Waals surface area contributed by atoms with Gasteiger partial charge in [0.2, 0.25) is 11.8 Å². The molecule has 1 aromatic carbocycles. The van der Waals surface area contributed by atoms with Crippen LogP contribution >= 0.6 is 0 Å². The lowest BCUT2D eigenvalue weighted by Crippen LogP contribution is -2.50. The number of rotatable bonds is 4. The Labute approximate surface area is 189 Å². The molecule has 2 saturated carbocycles. The zero-order valence-corrected chi connectivity index (χ0v) is 18.7. The molecule has 1 spiro atoms. The summed E-state index contributed by atoms with van der Waals surface area (Å²) < 4.78 is 15.0. The van der Waals surface area contributed by atoms with Crippen molar-refractivity contribution in [1.82, 2.24) is 4.90 Å². The maximum Gasteiger partial charge on any atom is 0.230 e. The van der Waals surface area contributed by atoms with Crippen LogP contribution in [0, 0.1) is 17.2 Å². The summed E-state index contributed by atoms with van der Waals surface area (Å²) in [5.74, 6) is -0.0962. The van der Waals surface area contributed by atoms with Gasteiger partial charge in [0, 0.05) is 37.3 Å². The average molecular weight is 444 g/mol. The van der Waals surface area contributed by atoms with Crippen LogP contribution in [0.3, 0.4) is 0 Å². The van der Waals surface area contributed by atoms with Gasteiger partial charge in [-0.05, 0) is 76.0 Å². The highest BCUT2D eigenvalue weighted by molar-refractivity contribution is 5.93. The number of carbonyl (C=O) groups is 2. The molecular weight excluding hydrogens is 409 g/mol. The Balaban J connectivity index is 1.26. The number of carbonyl (C=O) groups excluding carboxylic acids is 2. The van der Waals surface area contributed by atoms with Crippen molar-refractivity contribution in [3.05, 3.63) is 24.0 Å². The van der Waals surface area contributed by atoms with Crippen LogP contribution in [-0.4, -0.2) is 53.6 Å². The van der Waals surface area contributed by atoms with Gasteiger partial charge in [-0.1, -0.05) is 6.42 Å². The number of amides is 2. The molecule has 0 bridgehead atoms. The minimum atomic E-state index is -0.433. The molecule has 5 rings (SSSR count). The minimum absolute atomic E-state index is 0.0211. The number of benzene rings is 1. The standard InChI is InChI=1S/C25H34FN3O3/c26-21-15-18(27-23(31)17-3-1-4-17)5-10-22(21)28-13-2-11-25(16-28)12-14-29(24(25)32)19-6-8-20(30)9-7-19/h5,10,15,17,19-20,30H,1-4,6-9,11-14,16H2,(H,27,31)/t19?,20?,25-/m1/s1. The summed E-state index contributed by atoms with van der Waals surface area (Å²) >= 11 is 0. The van der Waals surface area contributed by atoms with Crippen molar-refractivity contribution in [2.45, 2.75) is 76.4 Å². The molecule has 2 aliphatic heterocycles. The van der Waals surface area contributed by atoms with Crippen molar-refractivity contribution in [2.75, 3.05) is 29.9 Å². The highest BCUT2D eigenvalue weighted by Crippen LogP contribution is 2.44. The minimum Gasteiger partial charge on any atom is -0.393 e. The van der Waals surface area contributed by atoms with E-state index in [1.165, 1.54) is 6.07 Å². The van der Waals surface area contributed by atoms with Crippen molar-refractivity contribution in [3.8, 4) is 0 Å². The fourth-order valence-corrected chi connectivity index (χ4v) is 6.04. The van der Waals surface area contributed by atoms with Gasteiger partial charge < -0.3 is 20.2 Å². The third kappa shape index (κ3) is 4.00. The summed E-state index contributed by atoms with van der Waals surface area (Å²) in [4.78, 5) is 29.7. The largest absolute Gasteiger partial charge is 0.393 e. The van der Waals surface area contributed by atoms with Gasteiger partial charge in [0.15, 0.2) is 0 Å². The van der Waals surface area contributed by atoms with Crippen LogP contribution in [0.15, 0.2) is 18.2 Å². The van der Waals surface area contributed by atoms with Crippen molar-refractivity contribution in [3.63, 3.8) is 0 Å². The first kappa shape index (κ1) is 21.7. The van der Waals surface area contributed by atoms with Crippen LogP contribution in [0.4, 0.5) is 15.8 Å². The molecular formula is C25H34FN3O3. The molecule has 174 valence electrons. The molecule has 0 unspecified atom stereocenters. The monoisotopic (exact) mass is 443 g/mol. The molecule has 4 aliphatic rings. The Kier molecular flexibility index (Phi) is 5.86. The van der Waals surface area contributed by atoms with Crippen molar-refractivity contribution >= 4 is 23.2 Å². The van der Waals surface area contributed by atoms with Crippen molar-refractivity contribution in [2.24, 2.45) is 11.3 Å². The zero-order valence-electron chi connectivity index (χ0n) is 18.7. The SMILES string of the molecule is O=C(Nc1ccc(N2CCC[C@@]3(CCN(C4CCC(O)CC4)C3=O)C2)c(F)c1)C1CCC1. The second-order valence-corrected chi connectivity index (χ2v) is 10.3. The number of nitrogens with zero attached hydrogens (tertiary/aromatic N) is 2. The molecule has 4 fully saturated rings. The quantitative estimate of drug-likeness (QED) is 0.745. The van der Waals surface area contributed by atoms with E-state index in [9.17, 15) is 14.7 Å². The van der Waals surface area contributed by atoms with Crippen LogP contribution in [0.2, 0.25) is 0 Å². The highest BCUT2D eigenvalue weighted by atomic mass is 19.1. The smallest absolute Gasteiger partial charge is 0.230 e. The molecule has 32 heavy (non-hydrogen) atoms. The van der Waals surface area contributed by atoms with E-state index in [4.69, 9.17) is 0 Å². The van der Waals surface area contributed by atoms with E-state index in [1.54, 1.807) is 12.1 Å². The van der Waals surface area contributed by atoms with Gasteiger partial charge in [0.05, 0.1) is 17.2 Å². The maximum absolute atomic E-state index is 15.0. The Morgan fingerprint density at radius 1 is 1.06 bits per heavy atom. The summed E-state index contributed by atoms with van der Waals surface area (Å²) in [5.41, 5.74) is 0.577. The van der Waals surface area contributed by atoms with E-state index in [0.29, 0.717) is 17.9 Å². The van der Waals surface area contributed by atoms with E-state index in [2.05, 4.69) is 5.32 Å². The predicted octanol–water partition coefficient (Wildman–Crippen LogP) is 3.69. The Morgan fingerprint density at radius 2 is 1.84 bits per heavy atom. The molecule has 0 aromatic heterocycles. The number of hydrogen-bond acceptors (Lipinski definition) is 4. The predicted molar refractivity (Wildman–Crippen MR) is 121 cm³/mol. The highest BCUT2D eigenvalue weighted by Gasteiger charge is 2.50. The first-order chi connectivity index (χ1) is 15.4. The zero-order chi connectivity index (χ0) is 22.3. The molecule has 2 N–H and O–H groups in total. The van der Waals surface area contributed by atoms with E-state index < -0.39 is 5.41 Å². The van der Waals surface area contributed by atoms with E-state index in [-0.39, 0.29) is 35.7 Å². The molecule has 1 aromatic rings. The first-order valence-electron chi connectivity index (χ1n) is 12.3. The molecule has 6 nitrogen and oxygen atoms in total. The third-order valence-corrected chi connectivity index (χ3v) is 8.26. The lowest BCUT2D eigenvalue weighted by molar-refractivity contribution is -0.139. The van der Waals surface area contributed by atoms with Crippen LogP contribution in [0.5, 0.6) is 0 Å².